The maximum Gasteiger partial charge on any atom is 0.165 e. The highest BCUT2D eigenvalue weighted by atomic mass is 32.1. The van der Waals surface area contributed by atoms with E-state index in [4.69, 9.17) is 4.74 Å². The number of hydrogen-bond donors (Lipinski definition) is 1. The van der Waals surface area contributed by atoms with Crippen molar-refractivity contribution in [1.29, 1.82) is 0 Å². The van der Waals surface area contributed by atoms with E-state index in [9.17, 15) is 4.39 Å². The maximum atomic E-state index is 13.2. The topological polar surface area (TPSA) is 9.23 Å². The van der Waals surface area contributed by atoms with Crippen LogP contribution in [-0.4, -0.2) is 12.9 Å². The number of methoxy groups -OCH3 is 1. The third kappa shape index (κ3) is 2.77. The molecule has 0 bridgehead atoms. The van der Waals surface area contributed by atoms with Crippen molar-refractivity contribution in [3.05, 3.63) is 35.7 Å². The molecule has 0 amide bonds. The van der Waals surface area contributed by atoms with Crippen LogP contribution < -0.4 is 4.74 Å². The number of thiol groups is 1. The average molecular weight is 212 g/mol. The van der Waals surface area contributed by atoms with Crippen LogP contribution in [-0.2, 0) is 0 Å². The van der Waals surface area contributed by atoms with Gasteiger partial charge in [0, 0.05) is 5.56 Å². The lowest BCUT2D eigenvalue weighted by molar-refractivity contribution is 0.385. The summed E-state index contributed by atoms with van der Waals surface area (Å²) in [5, 5.41) is 0. The monoisotopic (exact) mass is 212 g/mol. The van der Waals surface area contributed by atoms with Gasteiger partial charge in [-0.2, -0.15) is 12.6 Å². The zero-order chi connectivity index (χ0) is 10.4. The quantitative estimate of drug-likeness (QED) is 0.754. The molecule has 1 nitrogen and oxygen atoms in total. The van der Waals surface area contributed by atoms with E-state index in [1.807, 2.05) is 18.2 Å². The Labute approximate surface area is 89.0 Å². The molecule has 3 heteroatoms. The molecule has 0 unspecified atom stereocenters. The number of allylic oxidation sites excluding steroid dienone is 1. The van der Waals surface area contributed by atoms with Gasteiger partial charge in [0.05, 0.1) is 7.11 Å². The van der Waals surface area contributed by atoms with Crippen LogP contribution in [0.15, 0.2) is 24.3 Å². The standard InChI is InChI=1S/C11H13FOS/c1-13-11-9(5-2-3-8-14)6-4-7-10(11)12/h2,4-7,14H,3,8H2,1H3. The van der Waals surface area contributed by atoms with Gasteiger partial charge in [-0.15, -0.1) is 0 Å². The molecule has 0 aliphatic rings. The number of hydrogen-bond acceptors (Lipinski definition) is 2. The van der Waals surface area contributed by atoms with Gasteiger partial charge in [-0.1, -0.05) is 24.3 Å². The molecule has 0 aromatic heterocycles. The van der Waals surface area contributed by atoms with Crippen molar-refractivity contribution in [2.24, 2.45) is 0 Å². The Bertz CT molecular complexity index is 323. The zero-order valence-corrected chi connectivity index (χ0v) is 8.93. The fraction of sp³-hybridized carbons (Fsp3) is 0.273. The second-order valence-corrected chi connectivity index (χ2v) is 3.22. The summed E-state index contributed by atoms with van der Waals surface area (Å²) in [6.45, 7) is 0. The molecule has 0 radical (unpaired) electrons. The first-order valence-corrected chi connectivity index (χ1v) is 5.02. The van der Waals surface area contributed by atoms with E-state index in [0.29, 0.717) is 5.75 Å². The zero-order valence-electron chi connectivity index (χ0n) is 8.03. The molecule has 0 N–H and O–H groups in total. The van der Waals surface area contributed by atoms with Crippen molar-refractivity contribution in [2.45, 2.75) is 6.42 Å². The van der Waals surface area contributed by atoms with Gasteiger partial charge in [0.2, 0.25) is 0 Å². The third-order valence-corrected chi connectivity index (χ3v) is 2.05. The Hall–Kier alpha value is -0.960. The largest absolute Gasteiger partial charge is 0.493 e. The van der Waals surface area contributed by atoms with E-state index >= 15 is 0 Å². The third-order valence-electron chi connectivity index (χ3n) is 1.79. The van der Waals surface area contributed by atoms with E-state index in [0.717, 1.165) is 17.7 Å². The molecule has 1 aromatic carbocycles. The second-order valence-electron chi connectivity index (χ2n) is 2.78. The average Bonchev–Trinajstić information content (AvgIpc) is 2.18. The Morgan fingerprint density at radius 2 is 2.29 bits per heavy atom. The molecule has 0 aliphatic carbocycles. The van der Waals surface area contributed by atoms with Crippen LogP contribution in [0.1, 0.15) is 12.0 Å². The summed E-state index contributed by atoms with van der Waals surface area (Å²) in [7, 11) is 1.47. The molecule has 0 spiro atoms. The molecule has 0 saturated heterocycles. The minimum atomic E-state index is -0.333. The van der Waals surface area contributed by atoms with Gasteiger partial charge in [-0.05, 0) is 18.2 Å². The first-order chi connectivity index (χ1) is 6.79. The van der Waals surface area contributed by atoms with Crippen LogP contribution in [0.3, 0.4) is 0 Å². The van der Waals surface area contributed by atoms with Gasteiger partial charge >= 0.3 is 0 Å². The van der Waals surface area contributed by atoms with E-state index < -0.39 is 0 Å². The minimum Gasteiger partial charge on any atom is -0.493 e. The van der Waals surface area contributed by atoms with Gasteiger partial charge in [-0.25, -0.2) is 4.39 Å². The predicted molar refractivity (Wildman–Crippen MR) is 60.5 cm³/mol. The van der Waals surface area contributed by atoms with Gasteiger partial charge in [-0.3, -0.25) is 0 Å². The Balaban J connectivity index is 2.90. The lowest BCUT2D eigenvalue weighted by Crippen LogP contribution is -1.90. The van der Waals surface area contributed by atoms with Crippen molar-refractivity contribution < 1.29 is 9.13 Å². The summed E-state index contributed by atoms with van der Waals surface area (Å²) in [5.41, 5.74) is 0.759. The summed E-state index contributed by atoms with van der Waals surface area (Å²) in [6.07, 6.45) is 4.66. The summed E-state index contributed by atoms with van der Waals surface area (Å²) in [4.78, 5) is 0. The highest BCUT2D eigenvalue weighted by Gasteiger charge is 2.04. The Kier molecular flexibility index (Phi) is 4.53. The SMILES string of the molecule is COc1c(F)cccc1C=CCCS. The van der Waals surface area contributed by atoms with Crippen LogP contribution in [0.2, 0.25) is 0 Å². The molecule has 0 atom stereocenters. The second kappa shape index (κ2) is 5.70. The molecule has 0 heterocycles. The van der Waals surface area contributed by atoms with Gasteiger partial charge < -0.3 is 4.74 Å². The van der Waals surface area contributed by atoms with Crippen molar-refractivity contribution in [3.8, 4) is 5.75 Å². The number of benzene rings is 1. The predicted octanol–water partition coefficient (Wildman–Crippen LogP) is 3.17. The molecular formula is C11H13FOS. The molecule has 1 rings (SSSR count). The fourth-order valence-electron chi connectivity index (χ4n) is 1.16. The lowest BCUT2D eigenvalue weighted by Gasteiger charge is -2.04. The Morgan fingerprint density at radius 3 is 2.93 bits per heavy atom. The summed E-state index contributed by atoms with van der Waals surface area (Å²) >= 11 is 4.08. The normalized spacial score (nSPS) is 10.8. The van der Waals surface area contributed by atoms with E-state index in [2.05, 4.69) is 12.6 Å². The van der Waals surface area contributed by atoms with E-state index in [1.165, 1.54) is 13.2 Å². The van der Waals surface area contributed by atoms with Gasteiger partial charge in [0.25, 0.3) is 0 Å². The van der Waals surface area contributed by atoms with Crippen molar-refractivity contribution in [2.75, 3.05) is 12.9 Å². The summed E-state index contributed by atoms with van der Waals surface area (Å²) in [6, 6.07) is 4.87. The first-order valence-electron chi connectivity index (χ1n) is 4.39. The van der Waals surface area contributed by atoms with E-state index in [-0.39, 0.29) is 5.82 Å². The molecule has 76 valence electrons. The molecule has 0 aliphatic heterocycles. The summed E-state index contributed by atoms with van der Waals surface area (Å²) in [5.74, 6) is 0.747. The highest BCUT2D eigenvalue weighted by molar-refractivity contribution is 7.80. The first kappa shape index (κ1) is 11.1. The molecular weight excluding hydrogens is 199 g/mol. The smallest absolute Gasteiger partial charge is 0.165 e. The molecule has 1 aromatic rings. The number of ether oxygens (including phenoxy) is 1. The molecule has 0 saturated carbocycles. The molecule has 0 fully saturated rings. The lowest BCUT2D eigenvalue weighted by atomic mass is 10.1. The maximum absolute atomic E-state index is 13.2. The fourth-order valence-corrected chi connectivity index (χ4v) is 1.31. The number of rotatable bonds is 4. The van der Waals surface area contributed by atoms with Gasteiger partial charge in [0.15, 0.2) is 11.6 Å². The van der Waals surface area contributed by atoms with Crippen LogP contribution in [0.4, 0.5) is 4.39 Å². The van der Waals surface area contributed by atoms with Crippen molar-refractivity contribution in [3.63, 3.8) is 0 Å². The number of para-hydroxylation sites is 1. The minimum absolute atomic E-state index is 0.294. The highest BCUT2D eigenvalue weighted by Crippen LogP contribution is 2.23. The summed E-state index contributed by atoms with van der Waals surface area (Å²) < 4.78 is 18.1. The van der Waals surface area contributed by atoms with Crippen LogP contribution in [0.5, 0.6) is 5.75 Å². The van der Waals surface area contributed by atoms with Crippen molar-refractivity contribution >= 4 is 18.7 Å². The van der Waals surface area contributed by atoms with Crippen LogP contribution in [0, 0.1) is 5.82 Å². The van der Waals surface area contributed by atoms with E-state index in [1.54, 1.807) is 6.07 Å². The van der Waals surface area contributed by atoms with Crippen LogP contribution >= 0.6 is 12.6 Å². The van der Waals surface area contributed by atoms with Crippen LogP contribution in [0.25, 0.3) is 6.08 Å². The van der Waals surface area contributed by atoms with Crippen molar-refractivity contribution in [1.82, 2.24) is 0 Å². The van der Waals surface area contributed by atoms with Gasteiger partial charge in [0.1, 0.15) is 0 Å². The number of halogens is 1. The molecule has 14 heavy (non-hydrogen) atoms. The Morgan fingerprint density at radius 1 is 1.50 bits per heavy atom.